The monoisotopic (exact) mass is 361 g/mol. The van der Waals surface area contributed by atoms with E-state index in [4.69, 9.17) is 5.73 Å². The smallest absolute Gasteiger partial charge is 0.241 e. The van der Waals surface area contributed by atoms with Crippen molar-refractivity contribution in [1.29, 1.82) is 0 Å². The number of halogens is 1. The maximum absolute atomic E-state index is 12.2. The van der Waals surface area contributed by atoms with E-state index in [1.54, 1.807) is 12.1 Å². The number of hydrogen-bond acceptors (Lipinski definition) is 4. The third-order valence-corrected chi connectivity index (χ3v) is 5.86. The molecule has 0 spiro atoms. The molecule has 0 aromatic heterocycles. The van der Waals surface area contributed by atoms with E-state index < -0.39 is 10.0 Å². The Labute approximate surface area is 128 Å². The molecule has 5 nitrogen and oxygen atoms in total. The van der Waals surface area contributed by atoms with Gasteiger partial charge in [0.15, 0.2) is 0 Å². The molecule has 0 heterocycles. The predicted octanol–water partition coefficient (Wildman–Crippen LogP) is 1.79. The van der Waals surface area contributed by atoms with Crippen molar-refractivity contribution in [2.45, 2.75) is 30.7 Å². The minimum Gasteiger partial charge on any atom is -0.399 e. The first kappa shape index (κ1) is 15.8. The second-order valence-corrected chi connectivity index (χ2v) is 7.54. The first-order valence-electron chi connectivity index (χ1n) is 6.73. The second-order valence-electron chi connectivity index (χ2n) is 4.95. The van der Waals surface area contributed by atoms with E-state index in [0.717, 1.165) is 13.1 Å². The maximum Gasteiger partial charge on any atom is 0.241 e. The van der Waals surface area contributed by atoms with Gasteiger partial charge in [-0.1, -0.05) is 6.92 Å². The predicted molar refractivity (Wildman–Crippen MR) is 84.0 cm³/mol. The molecule has 112 valence electrons. The number of likely N-dealkylation sites (N-methyl/N-ethyl adjacent to an activating group) is 1. The van der Waals surface area contributed by atoms with Crippen LogP contribution >= 0.6 is 15.9 Å². The average molecular weight is 362 g/mol. The molecule has 1 aliphatic rings. The van der Waals surface area contributed by atoms with Crippen molar-refractivity contribution in [1.82, 2.24) is 9.62 Å². The number of sulfonamides is 1. The number of hydrogen-bond donors (Lipinski definition) is 2. The van der Waals surface area contributed by atoms with Crippen molar-refractivity contribution in [3.05, 3.63) is 22.7 Å². The van der Waals surface area contributed by atoms with Crippen LogP contribution in [-0.4, -0.2) is 39.0 Å². The Kier molecular flexibility index (Phi) is 5.06. The molecule has 0 bridgehead atoms. The van der Waals surface area contributed by atoms with Crippen LogP contribution in [0.15, 0.2) is 27.6 Å². The molecule has 2 rings (SSSR count). The van der Waals surface area contributed by atoms with Gasteiger partial charge in [0, 0.05) is 29.3 Å². The van der Waals surface area contributed by atoms with Gasteiger partial charge in [0.05, 0.1) is 4.90 Å². The summed E-state index contributed by atoms with van der Waals surface area (Å²) >= 11 is 3.25. The third kappa shape index (κ3) is 3.94. The molecule has 1 aliphatic carbocycles. The number of benzene rings is 1. The topological polar surface area (TPSA) is 75.4 Å². The van der Waals surface area contributed by atoms with E-state index in [-0.39, 0.29) is 4.90 Å². The molecule has 0 aliphatic heterocycles. The summed E-state index contributed by atoms with van der Waals surface area (Å²) in [5, 5.41) is 0. The van der Waals surface area contributed by atoms with Crippen LogP contribution in [-0.2, 0) is 10.0 Å². The summed E-state index contributed by atoms with van der Waals surface area (Å²) in [6.07, 6.45) is 2.45. The Bertz CT molecular complexity index is 573. The van der Waals surface area contributed by atoms with E-state index in [0.29, 0.717) is 22.7 Å². The number of anilines is 1. The van der Waals surface area contributed by atoms with Crippen LogP contribution in [0.5, 0.6) is 0 Å². The van der Waals surface area contributed by atoms with E-state index in [9.17, 15) is 8.42 Å². The fourth-order valence-electron chi connectivity index (χ4n) is 2.17. The number of nitrogens with two attached hydrogens (primary N) is 1. The highest BCUT2D eigenvalue weighted by atomic mass is 79.9. The molecule has 0 amide bonds. The first-order valence-corrected chi connectivity index (χ1v) is 9.00. The van der Waals surface area contributed by atoms with Gasteiger partial charge >= 0.3 is 0 Å². The third-order valence-electron chi connectivity index (χ3n) is 3.41. The van der Waals surface area contributed by atoms with E-state index in [1.807, 2.05) is 0 Å². The fraction of sp³-hybridized carbons (Fsp3) is 0.538. The first-order chi connectivity index (χ1) is 9.44. The molecule has 1 aromatic carbocycles. The minimum absolute atomic E-state index is 0.187. The normalized spacial score (nSPS) is 15.8. The molecule has 1 aromatic rings. The van der Waals surface area contributed by atoms with Crippen LogP contribution in [0.2, 0.25) is 0 Å². The van der Waals surface area contributed by atoms with Gasteiger partial charge in [-0.2, -0.15) is 0 Å². The van der Waals surface area contributed by atoms with Crippen LogP contribution in [0.1, 0.15) is 19.8 Å². The molecule has 0 saturated heterocycles. The van der Waals surface area contributed by atoms with Gasteiger partial charge in [0.25, 0.3) is 0 Å². The molecule has 3 N–H and O–H groups in total. The van der Waals surface area contributed by atoms with Crippen LogP contribution in [0.3, 0.4) is 0 Å². The summed E-state index contributed by atoms with van der Waals surface area (Å²) in [5.41, 5.74) is 6.08. The standard InChI is InChI=1S/C13H20BrN3O2S/c1-2-17(11-4-5-11)8-7-16-20(18,19)13-9-10(15)3-6-12(13)14/h3,6,9,11,16H,2,4-5,7-8,15H2,1H3. The molecule has 20 heavy (non-hydrogen) atoms. The Morgan fingerprint density at radius 3 is 2.75 bits per heavy atom. The van der Waals surface area contributed by atoms with Crippen molar-refractivity contribution in [2.24, 2.45) is 0 Å². The zero-order valence-corrected chi connectivity index (χ0v) is 13.9. The highest BCUT2D eigenvalue weighted by molar-refractivity contribution is 9.10. The Morgan fingerprint density at radius 2 is 2.15 bits per heavy atom. The van der Waals surface area contributed by atoms with Gasteiger partial charge < -0.3 is 5.73 Å². The van der Waals surface area contributed by atoms with Crippen molar-refractivity contribution >= 4 is 31.6 Å². The summed E-state index contributed by atoms with van der Waals surface area (Å²) in [5.74, 6) is 0. The van der Waals surface area contributed by atoms with Crippen molar-refractivity contribution in [3.63, 3.8) is 0 Å². The Balaban J connectivity index is 1.98. The number of nitrogen functional groups attached to an aromatic ring is 1. The van der Waals surface area contributed by atoms with Gasteiger partial charge in [-0.25, -0.2) is 13.1 Å². The lowest BCUT2D eigenvalue weighted by molar-refractivity contribution is 0.282. The lowest BCUT2D eigenvalue weighted by Gasteiger charge is -2.19. The Hall–Kier alpha value is -0.630. The fourth-order valence-corrected chi connectivity index (χ4v) is 4.18. The van der Waals surface area contributed by atoms with E-state index >= 15 is 0 Å². The van der Waals surface area contributed by atoms with E-state index in [1.165, 1.54) is 18.9 Å². The van der Waals surface area contributed by atoms with E-state index in [2.05, 4.69) is 32.5 Å². The highest BCUT2D eigenvalue weighted by Crippen LogP contribution is 2.26. The minimum atomic E-state index is -3.53. The van der Waals surface area contributed by atoms with Crippen LogP contribution in [0.4, 0.5) is 5.69 Å². The molecule has 0 radical (unpaired) electrons. The van der Waals surface area contributed by atoms with Gasteiger partial charge in [0.1, 0.15) is 0 Å². The summed E-state index contributed by atoms with van der Waals surface area (Å²) in [4.78, 5) is 2.49. The molecule has 0 unspecified atom stereocenters. The quantitative estimate of drug-likeness (QED) is 0.726. The number of nitrogens with zero attached hydrogens (tertiary/aromatic N) is 1. The summed E-state index contributed by atoms with van der Waals surface area (Å²) in [6.45, 7) is 4.20. The van der Waals surface area contributed by atoms with Crippen molar-refractivity contribution in [2.75, 3.05) is 25.4 Å². The van der Waals surface area contributed by atoms with Crippen molar-refractivity contribution < 1.29 is 8.42 Å². The maximum atomic E-state index is 12.2. The lowest BCUT2D eigenvalue weighted by Crippen LogP contribution is -2.36. The van der Waals surface area contributed by atoms with Crippen LogP contribution in [0.25, 0.3) is 0 Å². The SMILES string of the molecule is CCN(CCNS(=O)(=O)c1cc(N)ccc1Br)C1CC1. The molecule has 7 heteroatoms. The molecule has 0 atom stereocenters. The molecule has 1 fully saturated rings. The number of nitrogens with one attached hydrogen (secondary N) is 1. The summed E-state index contributed by atoms with van der Waals surface area (Å²) < 4.78 is 27.6. The zero-order chi connectivity index (χ0) is 14.8. The summed E-state index contributed by atoms with van der Waals surface area (Å²) in [7, 11) is -3.53. The summed E-state index contributed by atoms with van der Waals surface area (Å²) in [6, 6.07) is 5.41. The van der Waals surface area contributed by atoms with Gasteiger partial charge in [-0.15, -0.1) is 0 Å². The van der Waals surface area contributed by atoms with Crippen LogP contribution in [0, 0.1) is 0 Å². The van der Waals surface area contributed by atoms with Crippen LogP contribution < -0.4 is 10.5 Å². The van der Waals surface area contributed by atoms with Gasteiger partial charge in [-0.3, -0.25) is 4.90 Å². The zero-order valence-electron chi connectivity index (χ0n) is 11.5. The highest BCUT2D eigenvalue weighted by Gasteiger charge is 2.27. The second kappa shape index (κ2) is 6.43. The largest absolute Gasteiger partial charge is 0.399 e. The molecule has 1 saturated carbocycles. The molecular formula is C13H20BrN3O2S. The van der Waals surface area contributed by atoms with Gasteiger partial charge in [0.2, 0.25) is 10.0 Å². The van der Waals surface area contributed by atoms with Crippen molar-refractivity contribution in [3.8, 4) is 0 Å². The molecular weight excluding hydrogens is 342 g/mol. The number of rotatable bonds is 7. The average Bonchev–Trinajstić information content (AvgIpc) is 3.22. The lowest BCUT2D eigenvalue weighted by atomic mass is 10.3. The van der Waals surface area contributed by atoms with Gasteiger partial charge in [-0.05, 0) is 53.5 Å². The Morgan fingerprint density at radius 1 is 1.45 bits per heavy atom.